The molecular formula is C21H29F3N6OS2. The van der Waals surface area contributed by atoms with E-state index in [1.165, 1.54) is 6.92 Å². The van der Waals surface area contributed by atoms with Crippen molar-refractivity contribution in [1.29, 1.82) is 0 Å². The Morgan fingerprint density at radius 3 is 2.15 bits per heavy atom. The van der Waals surface area contributed by atoms with Crippen LogP contribution in [0.2, 0.25) is 0 Å². The molecular weight excluding hydrogens is 473 g/mol. The lowest BCUT2D eigenvalue weighted by atomic mass is 9.90. The first kappa shape index (κ1) is 28.4. The van der Waals surface area contributed by atoms with Crippen LogP contribution in [0.4, 0.5) is 24.5 Å². The van der Waals surface area contributed by atoms with E-state index in [0.29, 0.717) is 22.6 Å². The summed E-state index contributed by atoms with van der Waals surface area (Å²) in [5, 5.41) is 6.18. The largest absolute Gasteiger partial charge is 0.433 e. The van der Waals surface area contributed by atoms with Gasteiger partial charge in [-0.2, -0.15) is 40.2 Å². The van der Waals surface area contributed by atoms with Gasteiger partial charge in [-0.1, -0.05) is 0 Å². The minimum atomic E-state index is -4.48. The van der Waals surface area contributed by atoms with E-state index < -0.39 is 11.9 Å². The number of hydrogen-bond acceptors (Lipinski definition) is 4. The number of rotatable bonds is 5. The number of alkyl halides is 3. The summed E-state index contributed by atoms with van der Waals surface area (Å²) < 4.78 is 38.9. The summed E-state index contributed by atoms with van der Waals surface area (Å²) in [4.78, 5) is 19.9. The zero-order chi connectivity index (χ0) is 22.6. The van der Waals surface area contributed by atoms with E-state index in [1.54, 1.807) is 30.3 Å². The molecule has 2 aromatic rings. The zero-order valence-electron chi connectivity index (χ0n) is 18.0. The third-order valence-corrected chi connectivity index (χ3v) is 5.06. The number of hydrogen-bond donors (Lipinski definition) is 4. The molecule has 3 rings (SSSR count). The second kappa shape index (κ2) is 12.0. The highest BCUT2D eigenvalue weighted by Gasteiger charge is 2.33. The standard InChI is InChI=1S/C21H25F3N6O.2H2S/c1-12-10-17(11-18(27-12)21(22,23)24)28-14-6-8-15(9-7-14)29-19(31)13-2-4-16(5-3-13)30-20(25)26;;/h2-5,10-11,14-15H,6-9H2,1H3,(H,27,28)(H,29,31)(H4,25,26,30);2*1H2. The number of anilines is 1. The second-order valence-electron chi connectivity index (χ2n) is 7.63. The molecule has 12 heteroatoms. The van der Waals surface area contributed by atoms with Crippen LogP contribution in [0.25, 0.3) is 0 Å². The number of aryl methyl sites for hydroxylation is 1. The molecule has 1 aromatic heterocycles. The van der Waals surface area contributed by atoms with Crippen LogP contribution in [0, 0.1) is 6.92 Å². The van der Waals surface area contributed by atoms with Crippen molar-refractivity contribution in [3.05, 3.63) is 53.3 Å². The SMILES string of the molecule is Cc1cc(NC2CCC(NC(=O)c3ccc(N=C(N)N)cc3)CC2)cc(C(F)(F)F)n1.S.S. The van der Waals surface area contributed by atoms with Crippen LogP contribution in [0.1, 0.15) is 47.4 Å². The summed E-state index contributed by atoms with van der Waals surface area (Å²) in [5.74, 6) is -0.244. The Morgan fingerprint density at radius 1 is 1.03 bits per heavy atom. The monoisotopic (exact) mass is 502 g/mol. The van der Waals surface area contributed by atoms with Gasteiger partial charge in [0.15, 0.2) is 5.96 Å². The first-order valence-electron chi connectivity index (χ1n) is 9.93. The predicted molar refractivity (Wildman–Crippen MR) is 134 cm³/mol. The van der Waals surface area contributed by atoms with Crippen LogP contribution >= 0.6 is 27.0 Å². The van der Waals surface area contributed by atoms with Crippen molar-refractivity contribution >= 4 is 50.2 Å². The number of carbonyl (C=O) groups excluding carboxylic acids is 1. The molecule has 1 amide bonds. The molecule has 0 radical (unpaired) electrons. The Kier molecular flexibility index (Phi) is 10.4. The van der Waals surface area contributed by atoms with Gasteiger partial charge in [0, 0.05) is 29.0 Å². The molecule has 6 N–H and O–H groups in total. The van der Waals surface area contributed by atoms with Crippen LogP contribution in [0.3, 0.4) is 0 Å². The van der Waals surface area contributed by atoms with Crippen molar-refractivity contribution in [1.82, 2.24) is 10.3 Å². The van der Waals surface area contributed by atoms with E-state index in [0.717, 1.165) is 31.7 Å². The number of guanidine groups is 1. The van der Waals surface area contributed by atoms with Gasteiger partial charge < -0.3 is 22.1 Å². The normalized spacial score (nSPS) is 17.7. The molecule has 1 aromatic carbocycles. The lowest BCUT2D eigenvalue weighted by molar-refractivity contribution is -0.141. The van der Waals surface area contributed by atoms with Crippen LogP contribution in [-0.2, 0) is 6.18 Å². The second-order valence-corrected chi connectivity index (χ2v) is 7.63. The number of halogens is 3. The fourth-order valence-corrected chi connectivity index (χ4v) is 3.62. The van der Waals surface area contributed by atoms with Crippen molar-refractivity contribution in [3.8, 4) is 0 Å². The highest BCUT2D eigenvalue weighted by Crippen LogP contribution is 2.31. The predicted octanol–water partition coefficient (Wildman–Crippen LogP) is 3.69. The molecule has 1 fully saturated rings. The number of benzene rings is 1. The van der Waals surface area contributed by atoms with E-state index in [2.05, 4.69) is 20.6 Å². The minimum absolute atomic E-state index is 0. The summed E-state index contributed by atoms with van der Waals surface area (Å²) in [7, 11) is 0. The van der Waals surface area contributed by atoms with Gasteiger partial charge in [0.05, 0.1) is 5.69 Å². The molecule has 1 heterocycles. The number of pyridine rings is 1. The van der Waals surface area contributed by atoms with Crippen molar-refractivity contribution in [2.45, 2.75) is 50.9 Å². The maximum absolute atomic E-state index is 13.0. The smallest absolute Gasteiger partial charge is 0.382 e. The Hall–Kier alpha value is -2.60. The van der Waals surface area contributed by atoms with Crippen molar-refractivity contribution in [2.24, 2.45) is 16.5 Å². The Morgan fingerprint density at radius 2 is 1.61 bits per heavy atom. The average Bonchev–Trinajstić information content (AvgIpc) is 2.68. The quantitative estimate of drug-likeness (QED) is 0.367. The maximum Gasteiger partial charge on any atom is 0.433 e. The van der Waals surface area contributed by atoms with Gasteiger partial charge in [0.1, 0.15) is 5.69 Å². The molecule has 1 aliphatic carbocycles. The van der Waals surface area contributed by atoms with E-state index >= 15 is 0 Å². The number of aromatic nitrogens is 1. The molecule has 0 atom stereocenters. The molecule has 7 nitrogen and oxygen atoms in total. The zero-order valence-corrected chi connectivity index (χ0v) is 20.0. The van der Waals surface area contributed by atoms with Gasteiger partial charge in [-0.05, 0) is 69.0 Å². The maximum atomic E-state index is 13.0. The van der Waals surface area contributed by atoms with Gasteiger partial charge in [0.25, 0.3) is 5.91 Å². The molecule has 1 aliphatic rings. The van der Waals surface area contributed by atoms with Gasteiger partial charge in [0.2, 0.25) is 0 Å². The molecule has 33 heavy (non-hydrogen) atoms. The molecule has 0 bridgehead atoms. The summed E-state index contributed by atoms with van der Waals surface area (Å²) >= 11 is 0. The number of nitrogens with one attached hydrogen (secondary N) is 2. The third-order valence-electron chi connectivity index (χ3n) is 5.06. The van der Waals surface area contributed by atoms with E-state index in [9.17, 15) is 18.0 Å². The first-order chi connectivity index (χ1) is 14.6. The number of nitrogens with two attached hydrogens (primary N) is 2. The van der Waals surface area contributed by atoms with Crippen LogP contribution in [0.5, 0.6) is 0 Å². The van der Waals surface area contributed by atoms with Gasteiger partial charge in [-0.25, -0.2) is 9.98 Å². The third kappa shape index (κ3) is 8.35. The summed E-state index contributed by atoms with van der Waals surface area (Å²) in [6.07, 6.45) is -1.56. The van der Waals surface area contributed by atoms with Crippen molar-refractivity contribution in [2.75, 3.05) is 5.32 Å². The van der Waals surface area contributed by atoms with Crippen molar-refractivity contribution in [3.63, 3.8) is 0 Å². The fraction of sp³-hybridized carbons (Fsp3) is 0.381. The molecule has 0 saturated heterocycles. The lowest BCUT2D eigenvalue weighted by Gasteiger charge is -2.30. The highest BCUT2D eigenvalue weighted by molar-refractivity contribution is 7.59. The number of nitrogens with zero attached hydrogens (tertiary/aromatic N) is 2. The van der Waals surface area contributed by atoms with Gasteiger partial charge in [-0.15, -0.1) is 0 Å². The summed E-state index contributed by atoms with van der Waals surface area (Å²) in [6, 6.07) is 9.29. The number of aliphatic imine (C=N–C) groups is 1. The number of amides is 1. The van der Waals surface area contributed by atoms with Crippen LogP contribution < -0.4 is 22.1 Å². The summed E-state index contributed by atoms with van der Waals surface area (Å²) in [6.45, 7) is 1.54. The molecule has 182 valence electrons. The summed E-state index contributed by atoms with van der Waals surface area (Å²) in [5.41, 5.74) is 11.5. The Labute approximate surface area is 204 Å². The van der Waals surface area contributed by atoms with Gasteiger partial charge in [-0.3, -0.25) is 4.79 Å². The first-order valence-corrected chi connectivity index (χ1v) is 9.93. The van der Waals surface area contributed by atoms with E-state index in [1.807, 2.05) is 0 Å². The highest BCUT2D eigenvalue weighted by atomic mass is 32.1. The van der Waals surface area contributed by atoms with E-state index in [-0.39, 0.29) is 50.9 Å². The number of carbonyl (C=O) groups is 1. The van der Waals surface area contributed by atoms with Gasteiger partial charge >= 0.3 is 6.18 Å². The topological polar surface area (TPSA) is 118 Å². The Balaban J connectivity index is 0.00000272. The molecule has 0 unspecified atom stereocenters. The molecule has 1 saturated carbocycles. The fourth-order valence-electron chi connectivity index (χ4n) is 3.62. The molecule has 0 aliphatic heterocycles. The lowest BCUT2D eigenvalue weighted by Crippen LogP contribution is -2.40. The van der Waals surface area contributed by atoms with E-state index in [4.69, 9.17) is 11.5 Å². The average molecular weight is 503 g/mol. The Bertz CT molecular complexity index is 957. The van der Waals surface area contributed by atoms with Crippen molar-refractivity contribution < 1.29 is 18.0 Å². The van der Waals surface area contributed by atoms with Crippen LogP contribution in [0.15, 0.2) is 41.4 Å². The van der Waals surface area contributed by atoms with Crippen LogP contribution in [-0.4, -0.2) is 28.9 Å². The molecule has 0 spiro atoms. The minimum Gasteiger partial charge on any atom is -0.382 e.